The first-order valence-corrected chi connectivity index (χ1v) is 10.3. The Hall–Kier alpha value is -1.18. The van der Waals surface area contributed by atoms with Crippen molar-refractivity contribution in [2.45, 2.75) is 50.4 Å². The molecule has 0 spiro atoms. The molecule has 24 heavy (non-hydrogen) atoms. The van der Waals surface area contributed by atoms with Gasteiger partial charge in [-0.2, -0.15) is 4.31 Å². The molecule has 1 saturated carbocycles. The summed E-state index contributed by atoms with van der Waals surface area (Å²) in [5.41, 5.74) is 2.66. The second kappa shape index (κ2) is 7.37. The topological polar surface area (TPSA) is 71.5 Å². The van der Waals surface area contributed by atoms with Crippen molar-refractivity contribution in [1.82, 2.24) is 9.29 Å². The lowest BCUT2D eigenvalue weighted by atomic mass is 10.0. The average molecular weight is 353 g/mol. The van der Waals surface area contributed by atoms with Gasteiger partial charge in [-0.1, -0.05) is 19.3 Å². The third-order valence-electron chi connectivity index (χ3n) is 4.95. The summed E-state index contributed by atoms with van der Waals surface area (Å²) < 4.78 is 33.4. The molecule has 0 radical (unpaired) electrons. The van der Waals surface area contributed by atoms with Gasteiger partial charge in [-0.25, -0.2) is 8.42 Å². The molecule has 7 heteroatoms. The Balaban J connectivity index is 1.78. The average Bonchev–Trinajstić information content (AvgIpc) is 2.62. The SMILES string of the molecule is CNc1cc(C)nc(C2CN(S(=O)(=O)C3CCCCC3)CCO2)c1. The highest BCUT2D eigenvalue weighted by Gasteiger charge is 2.36. The van der Waals surface area contributed by atoms with Crippen molar-refractivity contribution in [3.63, 3.8) is 0 Å². The Kier molecular flexibility index (Phi) is 5.42. The second-order valence-corrected chi connectivity index (χ2v) is 8.91. The van der Waals surface area contributed by atoms with Gasteiger partial charge in [-0.05, 0) is 31.9 Å². The molecule has 0 amide bonds. The molecule has 2 aliphatic rings. The van der Waals surface area contributed by atoms with Gasteiger partial charge in [0, 0.05) is 31.5 Å². The Labute approximate surface area is 144 Å². The van der Waals surface area contributed by atoms with Gasteiger partial charge in [0.25, 0.3) is 0 Å². The fourth-order valence-electron chi connectivity index (χ4n) is 3.61. The first-order chi connectivity index (χ1) is 11.5. The van der Waals surface area contributed by atoms with Crippen molar-refractivity contribution in [2.75, 3.05) is 32.1 Å². The molecule has 2 heterocycles. The van der Waals surface area contributed by atoms with Gasteiger partial charge >= 0.3 is 0 Å². The normalized spacial score (nSPS) is 24.0. The predicted octanol–water partition coefficient (Wildman–Crippen LogP) is 2.47. The van der Waals surface area contributed by atoms with Crippen LogP contribution in [0.2, 0.25) is 0 Å². The van der Waals surface area contributed by atoms with Gasteiger partial charge in [0.2, 0.25) is 10.0 Å². The zero-order valence-corrected chi connectivity index (χ0v) is 15.3. The van der Waals surface area contributed by atoms with Crippen LogP contribution in [0.5, 0.6) is 0 Å². The van der Waals surface area contributed by atoms with Crippen LogP contribution in [0.3, 0.4) is 0 Å². The summed E-state index contributed by atoms with van der Waals surface area (Å²) in [4.78, 5) is 4.55. The third-order valence-corrected chi connectivity index (χ3v) is 7.32. The fourth-order valence-corrected chi connectivity index (χ4v) is 5.64. The number of morpholine rings is 1. The summed E-state index contributed by atoms with van der Waals surface area (Å²) in [7, 11) is -1.38. The minimum atomic E-state index is -3.24. The molecule has 0 aromatic carbocycles. The van der Waals surface area contributed by atoms with E-state index in [1.807, 2.05) is 26.1 Å². The highest BCUT2D eigenvalue weighted by atomic mass is 32.2. The minimum Gasteiger partial charge on any atom is -0.388 e. The molecule has 1 saturated heterocycles. The molecule has 1 unspecified atom stereocenters. The number of nitrogens with one attached hydrogen (secondary N) is 1. The largest absolute Gasteiger partial charge is 0.388 e. The van der Waals surface area contributed by atoms with E-state index in [-0.39, 0.29) is 11.4 Å². The quantitative estimate of drug-likeness (QED) is 0.900. The molecule has 2 fully saturated rings. The third kappa shape index (κ3) is 3.73. The summed E-state index contributed by atoms with van der Waals surface area (Å²) in [5.74, 6) is 0. The molecule has 1 aliphatic heterocycles. The predicted molar refractivity (Wildman–Crippen MR) is 94.6 cm³/mol. The highest BCUT2D eigenvalue weighted by Crippen LogP contribution is 2.30. The van der Waals surface area contributed by atoms with E-state index in [2.05, 4.69) is 10.3 Å². The van der Waals surface area contributed by atoms with Gasteiger partial charge in [-0.3, -0.25) is 4.98 Å². The van der Waals surface area contributed by atoms with Crippen LogP contribution in [0.15, 0.2) is 12.1 Å². The van der Waals surface area contributed by atoms with Crippen molar-refractivity contribution in [3.8, 4) is 0 Å². The lowest BCUT2D eigenvalue weighted by Crippen LogP contribution is -2.46. The first kappa shape index (κ1) is 17.6. The highest BCUT2D eigenvalue weighted by molar-refractivity contribution is 7.89. The number of nitrogens with zero attached hydrogens (tertiary/aromatic N) is 2. The molecule has 134 valence electrons. The number of pyridine rings is 1. The molecular weight excluding hydrogens is 326 g/mol. The van der Waals surface area contributed by atoms with Crippen molar-refractivity contribution < 1.29 is 13.2 Å². The Morgan fingerprint density at radius 2 is 2.00 bits per heavy atom. The van der Waals surface area contributed by atoms with Crippen LogP contribution in [0.25, 0.3) is 0 Å². The van der Waals surface area contributed by atoms with Crippen LogP contribution in [-0.4, -0.2) is 49.7 Å². The summed E-state index contributed by atoms with van der Waals surface area (Å²) >= 11 is 0. The Morgan fingerprint density at radius 3 is 2.71 bits per heavy atom. The maximum Gasteiger partial charge on any atom is 0.217 e. The zero-order valence-electron chi connectivity index (χ0n) is 14.5. The summed E-state index contributed by atoms with van der Waals surface area (Å²) in [5, 5.41) is 2.89. The van der Waals surface area contributed by atoms with Crippen LogP contribution in [0, 0.1) is 6.92 Å². The van der Waals surface area contributed by atoms with E-state index in [1.165, 1.54) is 0 Å². The van der Waals surface area contributed by atoms with Crippen LogP contribution in [-0.2, 0) is 14.8 Å². The number of ether oxygens (including phenoxy) is 1. The molecule has 6 nitrogen and oxygen atoms in total. The number of rotatable bonds is 4. The van der Waals surface area contributed by atoms with Gasteiger partial charge < -0.3 is 10.1 Å². The maximum absolute atomic E-state index is 12.9. The van der Waals surface area contributed by atoms with Crippen molar-refractivity contribution >= 4 is 15.7 Å². The lowest BCUT2D eigenvalue weighted by Gasteiger charge is -2.35. The number of sulfonamides is 1. The molecule has 1 aromatic rings. The number of aryl methyl sites for hydroxylation is 1. The molecular formula is C17H27N3O3S. The van der Waals surface area contributed by atoms with Gasteiger partial charge in [0.15, 0.2) is 0 Å². The molecule has 1 aromatic heterocycles. The van der Waals surface area contributed by atoms with Crippen molar-refractivity contribution in [1.29, 1.82) is 0 Å². The molecule has 0 bridgehead atoms. The van der Waals surface area contributed by atoms with Crippen molar-refractivity contribution in [2.24, 2.45) is 0 Å². The summed E-state index contributed by atoms with van der Waals surface area (Å²) in [6.07, 6.45) is 4.46. The number of aromatic nitrogens is 1. The van der Waals surface area contributed by atoms with Crippen LogP contribution in [0.4, 0.5) is 5.69 Å². The van der Waals surface area contributed by atoms with Crippen LogP contribution < -0.4 is 5.32 Å². The molecule has 1 atom stereocenters. The monoisotopic (exact) mass is 353 g/mol. The van der Waals surface area contributed by atoms with Gasteiger partial charge in [0.1, 0.15) is 6.10 Å². The fraction of sp³-hybridized carbons (Fsp3) is 0.706. The van der Waals surface area contributed by atoms with Crippen molar-refractivity contribution in [3.05, 3.63) is 23.5 Å². The molecule has 1 N–H and O–H groups in total. The second-order valence-electron chi connectivity index (χ2n) is 6.69. The molecule has 3 rings (SSSR count). The minimum absolute atomic E-state index is 0.219. The van der Waals surface area contributed by atoms with E-state index in [9.17, 15) is 8.42 Å². The Bertz CT molecular complexity index is 672. The first-order valence-electron chi connectivity index (χ1n) is 8.77. The van der Waals surface area contributed by atoms with E-state index < -0.39 is 10.0 Å². The maximum atomic E-state index is 12.9. The van der Waals surface area contributed by atoms with E-state index in [0.717, 1.165) is 49.2 Å². The van der Waals surface area contributed by atoms with Crippen LogP contribution >= 0.6 is 0 Å². The lowest BCUT2D eigenvalue weighted by molar-refractivity contribution is -0.00536. The summed E-state index contributed by atoms with van der Waals surface area (Å²) in [6, 6.07) is 3.90. The zero-order chi connectivity index (χ0) is 17.2. The van der Waals surface area contributed by atoms with E-state index in [0.29, 0.717) is 19.7 Å². The van der Waals surface area contributed by atoms with Crippen LogP contribution in [0.1, 0.15) is 49.6 Å². The molecule has 1 aliphatic carbocycles. The van der Waals surface area contributed by atoms with Gasteiger partial charge in [-0.15, -0.1) is 0 Å². The number of anilines is 1. The summed E-state index contributed by atoms with van der Waals surface area (Å²) in [6.45, 7) is 3.16. The van der Waals surface area contributed by atoms with E-state index >= 15 is 0 Å². The number of hydrogen-bond acceptors (Lipinski definition) is 5. The van der Waals surface area contributed by atoms with E-state index in [4.69, 9.17) is 4.74 Å². The smallest absolute Gasteiger partial charge is 0.217 e. The van der Waals surface area contributed by atoms with E-state index in [1.54, 1.807) is 4.31 Å². The Morgan fingerprint density at radius 1 is 1.25 bits per heavy atom. The standard InChI is InChI=1S/C17H27N3O3S/c1-13-10-14(18-2)11-16(19-13)17-12-20(8-9-23-17)24(21,22)15-6-4-3-5-7-15/h10-11,15,17H,3-9,12H2,1-2H3,(H,18,19). The number of hydrogen-bond donors (Lipinski definition) is 1. The van der Waals surface area contributed by atoms with Gasteiger partial charge in [0.05, 0.1) is 17.6 Å².